The van der Waals surface area contributed by atoms with E-state index >= 15 is 0 Å². The van der Waals surface area contributed by atoms with Gasteiger partial charge in [-0.2, -0.15) is 0 Å². The van der Waals surface area contributed by atoms with E-state index in [1.54, 1.807) is 25.1 Å². The van der Waals surface area contributed by atoms with E-state index in [1.807, 2.05) is 25.1 Å². The van der Waals surface area contributed by atoms with Crippen molar-refractivity contribution in [2.24, 2.45) is 0 Å². The van der Waals surface area contributed by atoms with E-state index in [2.05, 4.69) is 15.5 Å². The molecule has 4 aromatic rings. The number of carbonyl (C=O) groups is 1. The van der Waals surface area contributed by atoms with E-state index in [4.69, 9.17) is 27.7 Å². The minimum atomic E-state index is -0.379. The van der Waals surface area contributed by atoms with E-state index in [0.29, 0.717) is 32.2 Å². The summed E-state index contributed by atoms with van der Waals surface area (Å²) in [4.78, 5) is 17.4. The molecule has 2 heterocycles. The molecule has 8 heteroatoms. The van der Waals surface area contributed by atoms with Crippen LogP contribution in [-0.2, 0) is 0 Å². The summed E-state index contributed by atoms with van der Waals surface area (Å²) in [6.45, 7) is 3.68. The molecule has 2 aromatic carbocycles. The van der Waals surface area contributed by atoms with Crippen LogP contribution in [0.25, 0.3) is 21.5 Å². The van der Waals surface area contributed by atoms with Crippen LogP contribution in [0, 0.1) is 13.8 Å². The largest absolute Gasteiger partial charge is 0.360 e. The number of thiazole rings is 1. The average molecular weight is 418 g/mol. The maximum atomic E-state index is 12.9. The second kappa shape index (κ2) is 6.96. The number of hydrogen-bond acceptors (Lipinski definition) is 5. The van der Waals surface area contributed by atoms with Crippen LogP contribution in [0.4, 0.5) is 5.13 Å². The third-order valence-electron chi connectivity index (χ3n) is 4.05. The number of halogens is 2. The van der Waals surface area contributed by atoms with Gasteiger partial charge in [-0.05, 0) is 43.7 Å². The van der Waals surface area contributed by atoms with E-state index in [0.717, 1.165) is 15.8 Å². The van der Waals surface area contributed by atoms with Crippen LogP contribution in [0.1, 0.15) is 21.7 Å². The Bertz CT molecular complexity index is 1160. The number of anilines is 1. The lowest BCUT2D eigenvalue weighted by Gasteiger charge is -2.06. The molecule has 0 fully saturated rings. The zero-order valence-corrected chi connectivity index (χ0v) is 16.7. The summed E-state index contributed by atoms with van der Waals surface area (Å²) in [7, 11) is 0. The lowest BCUT2D eigenvalue weighted by Crippen LogP contribution is -2.13. The second-order valence-corrected chi connectivity index (χ2v) is 7.85. The lowest BCUT2D eigenvalue weighted by molar-refractivity contribution is 0.102. The Morgan fingerprint density at radius 1 is 1.15 bits per heavy atom. The number of fused-ring (bicyclic) bond motifs is 1. The standard InChI is InChI=1S/C19H13Cl2N3O2S/c1-9-6-7-13-14(8-9)27-19(22-13)23-18(25)15-10(2)26-24-17(15)16-11(20)4-3-5-12(16)21/h3-8H,1-2H3,(H,22,23,25). The highest BCUT2D eigenvalue weighted by atomic mass is 35.5. The number of carbonyl (C=O) groups excluding carboxylic acids is 1. The Balaban J connectivity index is 1.73. The number of amides is 1. The molecule has 0 bridgehead atoms. The molecular weight excluding hydrogens is 405 g/mol. The van der Waals surface area contributed by atoms with Crippen LogP contribution < -0.4 is 5.32 Å². The van der Waals surface area contributed by atoms with Gasteiger partial charge in [0.2, 0.25) is 0 Å². The SMILES string of the molecule is Cc1ccc2nc(NC(=O)c3c(-c4c(Cl)cccc4Cl)noc3C)sc2c1. The maximum Gasteiger partial charge on any atom is 0.263 e. The molecule has 4 rings (SSSR count). The first-order valence-electron chi connectivity index (χ1n) is 8.03. The van der Waals surface area contributed by atoms with Crippen molar-refractivity contribution in [1.82, 2.24) is 10.1 Å². The molecule has 0 radical (unpaired) electrons. The van der Waals surface area contributed by atoms with Gasteiger partial charge in [0.15, 0.2) is 5.13 Å². The number of aromatic nitrogens is 2. The zero-order valence-electron chi connectivity index (χ0n) is 14.3. The number of aryl methyl sites for hydroxylation is 2. The second-order valence-electron chi connectivity index (χ2n) is 6.00. The fraction of sp³-hybridized carbons (Fsp3) is 0.105. The number of hydrogen-bond donors (Lipinski definition) is 1. The van der Waals surface area contributed by atoms with Crippen molar-refractivity contribution < 1.29 is 9.32 Å². The fourth-order valence-electron chi connectivity index (χ4n) is 2.78. The zero-order chi connectivity index (χ0) is 19.1. The Morgan fingerprint density at radius 3 is 2.63 bits per heavy atom. The van der Waals surface area contributed by atoms with E-state index in [1.165, 1.54) is 11.3 Å². The Hall–Kier alpha value is -2.41. The molecule has 136 valence electrons. The molecule has 0 spiro atoms. The summed E-state index contributed by atoms with van der Waals surface area (Å²) in [6.07, 6.45) is 0. The normalized spacial score (nSPS) is 11.1. The summed E-state index contributed by atoms with van der Waals surface area (Å²) in [5, 5.41) is 8.10. The van der Waals surface area contributed by atoms with Gasteiger partial charge in [0.1, 0.15) is 17.0 Å². The molecule has 0 aliphatic rings. The van der Waals surface area contributed by atoms with E-state index in [9.17, 15) is 4.79 Å². The van der Waals surface area contributed by atoms with Gasteiger partial charge in [-0.3, -0.25) is 10.1 Å². The van der Waals surface area contributed by atoms with Gasteiger partial charge in [-0.1, -0.05) is 51.8 Å². The molecule has 0 saturated carbocycles. The van der Waals surface area contributed by atoms with E-state index in [-0.39, 0.29) is 11.5 Å². The topological polar surface area (TPSA) is 68.0 Å². The van der Waals surface area contributed by atoms with Crippen molar-refractivity contribution in [3.05, 3.63) is 63.3 Å². The van der Waals surface area contributed by atoms with Crippen LogP contribution in [-0.4, -0.2) is 16.0 Å². The highest BCUT2D eigenvalue weighted by Crippen LogP contribution is 2.37. The average Bonchev–Trinajstić information content (AvgIpc) is 3.17. The number of rotatable bonds is 3. The van der Waals surface area contributed by atoms with Gasteiger partial charge < -0.3 is 4.52 Å². The summed E-state index contributed by atoms with van der Waals surface area (Å²) in [5.74, 6) is -0.00837. The van der Waals surface area contributed by atoms with Crippen LogP contribution in [0.5, 0.6) is 0 Å². The maximum absolute atomic E-state index is 12.9. The third kappa shape index (κ3) is 3.32. The first kappa shape index (κ1) is 18.0. The molecule has 0 aliphatic carbocycles. The van der Waals surface area contributed by atoms with Crippen LogP contribution >= 0.6 is 34.5 Å². The summed E-state index contributed by atoms with van der Waals surface area (Å²) >= 11 is 13.9. The van der Waals surface area contributed by atoms with Crippen molar-refractivity contribution in [3.63, 3.8) is 0 Å². The molecule has 0 unspecified atom stereocenters. The van der Waals surface area contributed by atoms with Gasteiger partial charge in [-0.15, -0.1) is 0 Å². The highest BCUT2D eigenvalue weighted by molar-refractivity contribution is 7.22. The molecule has 5 nitrogen and oxygen atoms in total. The van der Waals surface area contributed by atoms with Crippen LogP contribution in [0.3, 0.4) is 0 Å². The quantitative estimate of drug-likeness (QED) is 0.435. The van der Waals surface area contributed by atoms with Gasteiger partial charge in [0.25, 0.3) is 5.91 Å². The van der Waals surface area contributed by atoms with Gasteiger partial charge in [0, 0.05) is 5.56 Å². The van der Waals surface area contributed by atoms with Crippen molar-refractivity contribution in [2.75, 3.05) is 5.32 Å². The number of benzene rings is 2. The molecule has 1 N–H and O–H groups in total. The minimum absolute atomic E-state index is 0.278. The fourth-order valence-corrected chi connectivity index (χ4v) is 4.31. The number of nitrogens with one attached hydrogen (secondary N) is 1. The highest BCUT2D eigenvalue weighted by Gasteiger charge is 2.25. The Morgan fingerprint density at radius 2 is 1.89 bits per heavy atom. The molecular formula is C19H13Cl2N3O2S. The molecule has 0 saturated heterocycles. The molecule has 0 atom stereocenters. The van der Waals surface area contributed by atoms with Crippen molar-refractivity contribution in [1.29, 1.82) is 0 Å². The first-order chi connectivity index (χ1) is 12.9. The smallest absolute Gasteiger partial charge is 0.263 e. The minimum Gasteiger partial charge on any atom is -0.360 e. The monoisotopic (exact) mass is 417 g/mol. The van der Waals surface area contributed by atoms with Crippen molar-refractivity contribution in [2.45, 2.75) is 13.8 Å². The van der Waals surface area contributed by atoms with Crippen LogP contribution in [0.2, 0.25) is 10.0 Å². The molecule has 2 aromatic heterocycles. The van der Waals surface area contributed by atoms with Crippen molar-refractivity contribution >= 4 is 55.8 Å². The summed E-state index contributed by atoms with van der Waals surface area (Å²) in [5.41, 5.74) is 3.01. The van der Waals surface area contributed by atoms with Crippen molar-refractivity contribution in [3.8, 4) is 11.3 Å². The lowest BCUT2D eigenvalue weighted by atomic mass is 10.1. The Labute approximate surface area is 168 Å². The predicted octanol–water partition coefficient (Wildman–Crippen LogP) is 6.13. The van der Waals surface area contributed by atoms with Crippen LogP contribution in [0.15, 0.2) is 40.9 Å². The van der Waals surface area contributed by atoms with Gasteiger partial charge >= 0.3 is 0 Å². The first-order valence-corrected chi connectivity index (χ1v) is 9.60. The number of nitrogens with zero attached hydrogens (tertiary/aromatic N) is 2. The van der Waals surface area contributed by atoms with Gasteiger partial charge in [-0.25, -0.2) is 4.98 Å². The molecule has 0 aliphatic heterocycles. The van der Waals surface area contributed by atoms with E-state index < -0.39 is 0 Å². The predicted molar refractivity (Wildman–Crippen MR) is 109 cm³/mol. The summed E-state index contributed by atoms with van der Waals surface area (Å²) < 4.78 is 6.25. The Kier molecular flexibility index (Phi) is 4.63. The summed E-state index contributed by atoms with van der Waals surface area (Å²) in [6, 6.07) is 11.0. The molecule has 1 amide bonds. The molecule has 27 heavy (non-hydrogen) atoms. The van der Waals surface area contributed by atoms with Gasteiger partial charge in [0.05, 0.1) is 20.3 Å². The third-order valence-corrected chi connectivity index (χ3v) is 5.62.